The molecule has 114 valence electrons. The molecule has 3 rings (SSSR count). The fraction of sp³-hybridized carbons (Fsp3) is 0.176. The number of halogens is 1. The highest BCUT2D eigenvalue weighted by Gasteiger charge is 2.27. The molecule has 2 aromatic rings. The highest BCUT2D eigenvalue weighted by molar-refractivity contribution is 6.17. The van der Waals surface area contributed by atoms with E-state index in [4.69, 9.17) is 5.10 Å². The highest BCUT2D eigenvalue weighted by Crippen LogP contribution is 2.23. The molecule has 5 heteroatoms. The first-order chi connectivity index (χ1) is 10.1. The SMILES string of the molecule is C[N+]1(C)CC(=O)Nc2ccccc2/C(c2ccccc2)=N\1.[I-]. The number of hydrogen-bond acceptors (Lipinski definition) is 2. The third-order valence-electron chi connectivity index (χ3n) is 3.40. The lowest BCUT2D eigenvalue weighted by atomic mass is 10.0. The lowest BCUT2D eigenvalue weighted by Gasteiger charge is -2.26. The number of anilines is 1. The summed E-state index contributed by atoms with van der Waals surface area (Å²) in [6.07, 6.45) is 0. The van der Waals surface area contributed by atoms with Gasteiger partial charge in [-0.1, -0.05) is 53.6 Å². The number of nitrogens with zero attached hydrogens (tertiary/aromatic N) is 2. The number of benzene rings is 2. The van der Waals surface area contributed by atoms with Gasteiger partial charge in [0.25, 0.3) is 5.91 Å². The van der Waals surface area contributed by atoms with Crippen molar-refractivity contribution < 1.29 is 33.4 Å². The van der Waals surface area contributed by atoms with Gasteiger partial charge in [-0.15, -0.1) is 0 Å². The van der Waals surface area contributed by atoms with Gasteiger partial charge in [0, 0.05) is 11.1 Å². The Kier molecular flexibility index (Phi) is 4.97. The number of fused-ring (bicyclic) bond motifs is 1. The zero-order valence-corrected chi connectivity index (χ0v) is 14.7. The van der Waals surface area contributed by atoms with Gasteiger partial charge in [-0.05, 0) is 6.07 Å². The number of carbonyl (C=O) groups excluding carboxylic acids is 1. The smallest absolute Gasteiger partial charge is 0.282 e. The average Bonchev–Trinajstić information content (AvgIpc) is 2.45. The van der Waals surface area contributed by atoms with Gasteiger partial charge < -0.3 is 29.3 Å². The number of para-hydroxylation sites is 1. The summed E-state index contributed by atoms with van der Waals surface area (Å²) in [5.41, 5.74) is 3.70. The van der Waals surface area contributed by atoms with Gasteiger partial charge in [0.2, 0.25) is 0 Å². The molecule has 1 aliphatic rings. The van der Waals surface area contributed by atoms with Crippen LogP contribution in [0.3, 0.4) is 0 Å². The van der Waals surface area contributed by atoms with E-state index in [1.54, 1.807) is 0 Å². The first-order valence-electron chi connectivity index (χ1n) is 6.93. The van der Waals surface area contributed by atoms with E-state index in [1.807, 2.05) is 68.7 Å². The van der Waals surface area contributed by atoms with E-state index in [0.717, 1.165) is 22.5 Å². The number of quaternary nitrogens is 1. The number of rotatable bonds is 1. The van der Waals surface area contributed by atoms with Gasteiger partial charge in [-0.2, -0.15) is 4.59 Å². The van der Waals surface area contributed by atoms with E-state index >= 15 is 0 Å². The fourth-order valence-corrected chi connectivity index (χ4v) is 2.51. The third-order valence-corrected chi connectivity index (χ3v) is 3.40. The molecule has 4 nitrogen and oxygen atoms in total. The first kappa shape index (κ1) is 16.6. The largest absolute Gasteiger partial charge is 1.00 e. The van der Waals surface area contributed by atoms with Crippen LogP contribution >= 0.6 is 0 Å². The van der Waals surface area contributed by atoms with Gasteiger partial charge in [0.05, 0.1) is 19.8 Å². The van der Waals surface area contributed by atoms with Crippen molar-refractivity contribution in [3.63, 3.8) is 0 Å². The molecule has 2 aromatic carbocycles. The predicted octanol–water partition coefficient (Wildman–Crippen LogP) is -0.528. The summed E-state index contributed by atoms with van der Waals surface area (Å²) in [7, 11) is 3.85. The van der Waals surface area contributed by atoms with Crippen LogP contribution in [0.25, 0.3) is 0 Å². The van der Waals surface area contributed by atoms with Crippen LogP contribution in [0.4, 0.5) is 5.69 Å². The molecule has 1 aliphatic heterocycles. The second kappa shape index (κ2) is 6.58. The predicted molar refractivity (Wildman–Crippen MR) is 84.1 cm³/mol. The van der Waals surface area contributed by atoms with Gasteiger partial charge >= 0.3 is 0 Å². The van der Waals surface area contributed by atoms with E-state index in [9.17, 15) is 4.79 Å². The van der Waals surface area contributed by atoms with Crippen LogP contribution in [-0.4, -0.2) is 36.9 Å². The Bertz CT molecular complexity index is 711. The van der Waals surface area contributed by atoms with Crippen molar-refractivity contribution in [3.8, 4) is 0 Å². The zero-order chi connectivity index (χ0) is 14.9. The van der Waals surface area contributed by atoms with Crippen LogP contribution in [0.15, 0.2) is 59.7 Å². The lowest BCUT2D eigenvalue weighted by molar-refractivity contribution is -0.888. The molecule has 0 spiro atoms. The second-order valence-electron chi connectivity index (χ2n) is 5.69. The molecule has 0 unspecified atom stereocenters. The Morgan fingerprint density at radius 2 is 1.64 bits per heavy atom. The molecule has 0 radical (unpaired) electrons. The first-order valence-corrected chi connectivity index (χ1v) is 6.93. The Morgan fingerprint density at radius 1 is 1.00 bits per heavy atom. The van der Waals surface area contributed by atoms with Crippen LogP contribution in [0, 0.1) is 0 Å². The summed E-state index contributed by atoms with van der Waals surface area (Å²) in [5, 5.41) is 7.81. The molecule has 0 saturated heterocycles. The maximum Gasteiger partial charge on any atom is 0.282 e. The maximum atomic E-state index is 12.1. The van der Waals surface area contributed by atoms with E-state index in [2.05, 4.69) is 5.32 Å². The van der Waals surface area contributed by atoms with Gasteiger partial charge in [0.15, 0.2) is 6.54 Å². The molecule has 1 N–H and O–H groups in total. The Balaban J connectivity index is 0.00000176. The number of carbonyl (C=O) groups is 1. The summed E-state index contributed by atoms with van der Waals surface area (Å²) in [4.78, 5) is 12.1. The summed E-state index contributed by atoms with van der Waals surface area (Å²) >= 11 is 0. The van der Waals surface area contributed by atoms with Crippen molar-refractivity contribution in [2.45, 2.75) is 0 Å². The van der Waals surface area contributed by atoms with Crippen LogP contribution in [0.5, 0.6) is 0 Å². The van der Waals surface area contributed by atoms with Crippen molar-refractivity contribution in [2.24, 2.45) is 5.10 Å². The maximum absolute atomic E-state index is 12.1. The molecule has 0 aliphatic carbocycles. The van der Waals surface area contributed by atoms with Crippen molar-refractivity contribution in [3.05, 3.63) is 65.7 Å². The number of likely N-dealkylation sites (N-methyl/N-ethyl adjacent to an activating group) is 1. The molecule has 22 heavy (non-hydrogen) atoms. The van der Waals surface area contributed by atoms with Crippen LogP contribution < -0.4 is 29.3 Å². The number of amides is 1. The van der Waals surface area contributed by atoms with Crippen molar-refractivity contribution in [1.29, 1.82) is 0 Å². The molecular weight excluding hydrogens is 389 g/mol. The summed E-state index contributed by atoms with van der Waals surface area (Å²) in [6.45, 7) is 0.310. The molecular formula is C17H18IN3O. The number of nitrogens with one attached hydrogen (secondary N) is 1. The minimum Gasteiger partial charge on any atom is -1.00 e. The normalized spacial score (nSPS) is 18.6. The van der Waals surface area contributed by atoms with Crippen molar-refractivity contribution >= 4 is 17.3 Å². The Labute approximate surface area is 147 Å². The minimum absolute atomic E-state index is 0. The van der Waals surface area contributed by atoms with E-state index in [0.29, 0.717) is 6.54 Å². The highest BCUT2D eigenvalue weighted by atomic mass is 127. The monoisotopic (exact) mass is 407 g/mol. The molecule has 0 atom stereocenters. The minimum atomic E-state index is -0.0247. The standard InChI is InChI=1S/C17H17N3O.HI/c1-20(2)12-16(21)18-15-11-7-6-10-14(15)17(19-20)13-8-4-3-5-9-13;/h3-11H,12H2,1-2H3;1H. The zero-order valence-electron chi connectivity index (χ0n) is 12.6. The molecule has 0 aromatic heterocycles. The van der Waals surface area contributed by atoms with E-state index in [-0.39, 0.29) is 34.5 Å². The van der Waals surface area contributed by atoms with E-state index in [1.165, 1.54) is 0 Å². The molecule has 0 fully saturated rings. The summed E-state index contributed by atoms with van der Waals surface area (Å²) in [5.74, 6) is -0.0247. The van der Waals surface area contributed by atoms with Gasteiger partial charge in [0.1, 0.15) is 5.71 Å². The molecule has 1 heterocycles. The molecule has 0 saturated carbocycles. The lowest BCUT2D eigenvalue weighted by Crippen LogP contribution is -3.00. The summed E-state index contributed by atoms with van der Waals surface area (Å²) < 4.78 is 0.268. The average molecular weight is 407 g/mol. The fourth-order valence-electron chi connectivity index (χ4n) is 2.51. The van der Waals surface area contributed by atoms with Crippen LogP contribution in [0.2, 0.25) is 0 Å². The van der Waals surface area contributed by atoms with Crippen LogP contribution in [-0.2, 0) is 4.79 Å². The third kappa shape index (κ3) is 3.53. The van der Waals surface area contributed by atoms with Crippen molar-refractivity contribution in [1.82, 2.24) is 0 Å². The van der Waals surface area contributed by atoms with Gasteiger partial charge in [-0.25, -0.2) is 0 Å². The second-order valence-corrected chi connectivity index (χ2v) is 5.69. The quantitative estimate of drug-likeness (QED) is 0.502. The van der Waals surface area contributed by atoms with Crippen LogP contribution in [0.1, 0.15) is 11.1 Å². The van der Waals surface area contributed by atoms with Crippen molar-refractivity contribution in [2.75, 3.05) is 26.0 Å². The van der Waals surface area contributed by atoms with E-state index < -0.39 is 0 Å². The van der Waals surface area contributed by atoms with Gasteiger partial charge in [-0.3, -0.25) is 4.79 Å². The summed E-state index contributed by atoms with van der Waals surface area (Å²) in [6, 6.07) is 17.9. The molecule has 1 amide bonds. The number of hydrogen-bond donors (Lipinski definition) is 1. The Hall–Kier alpha value is -1.73. The topological polar surface area (TPSA) is 41.5 Å². The Morgan fingerprint density at radius 3 is 2.36 bits per heavy atom. The molecule has 0 bridgehead atoms.